The van der Waals surface area contributed by atoms with Gasteiger partial charge in [-0.05, 0) is 51.8 Å². The van der Waals surface area contributed by atoms with Crippen LogP contribution in [0.3, 0.4) is 0 Å². The van der Waals surface area contributed by atoms with Gasteiger partial charge in [0.2, 0.25) is 0 Å². The van der Waals surface area contributed by atoms with Crippen LogP contribution in [0.15, 0.2) is 35.3 Å². The highest BCUT2D eigenvalue weighted by Gasteiger charge is 2.17. The molecule has 1 fully saturated rings. The lowest BCUT2D eigenvalue weighted by atomic mass is 9.99. The highest BCUT2D eigenvalue weighted by Crippen LogP contribution is 2.15. The van der Waals surface area contributed by atoms with Gasteiger partial charge in [0.25, 0.3) is 0 Å². The van der Waals surface area contributed by atoms with Crippen LogP contribution in [-0.2, 0) is 0 Å². The fourth-order valence-corrected chi connectivity index (χ4v) is 2.99. The van der Waals surface area contributed by atoms with Crippen molar-refractivity contribution in [1.29, 1.82) is 0 Å². The fourth-order valence-electron chi connectivity index (χ4n) is 2.99. The van der Waals surface area contributed by atoms with E-state index in [0.717, 1.165) is 25.6 Å². The van der Waals surface area contributed by atoms with Crippen LogP contribution in [-0.4, -0.2) is 44.1 Å². The van der Waals surface area contributed by atoms with E-state index >= 15 is 0 Å². The van der Waals surface area contributed by atoms with Gasteiger partial charge in [0, 0.05) is 19.6 Å². The second kappa shape index (κ2) is 8.79. The van der Waals surface area contributed by atoms with Gasteiger partial charge in [-0.25, -0.2) is 0 Å². The predicted molar refractivity (Wildman–Crippen MR) is 94.2 cm³/mol. The van der Waals surface area contributed by atoms with Crippen molar-refractivity contribution in [3.05, 3.63) is 35.9 Å². The van der Waals surface area contributed by atoms with Gasteiger partial charge in [0.05, 0.1) is 6.04 Å². The van der Waals surface area contributed by atoms with Crippen molar-refractivity contribution in [3.63, 3.8) is 0 Å². The molecule has 0 spiro atoms. The molecule has 0 saturated carbocycles. The number of likely N-dealkylation sites (tertiary alicyclic amines) is 1. The van der Waals surface area contributed by atoms with Crippen LogP contribution in [0.5, 0.6) is 0 Å². The molecular formula is C18H30N4. The number of guanidine groups is 1. The van der Waals surface area contributed by atoms with Crippen LogP contribution in [0.1, 0.15) is 38.3 Å². The van der Waals surface area contributed by atoms with Crippen LogP contribution in [0, 0.1) is 5.92 Å². The minimum absolute atomic E-state index is 0.257. The van der Waals surface area contributed by atoms with E-state index in [-0.39, 0.29) is 6.04 Å². The van der Waals surface area contributed by atoms with E-state index in [0.29, 0.717) is 5.92 Å². The van der Waals surface area contributed by atoms with Crippen molar-refractivity contribution < 1.29 is 0 Å². The minimum Gasteiger partial charge on any atom is -0.357 e. The smallest absolute Gasteiger partial charge is 0.191 e. The summed E-state index contributed by atoms with van der Waals surface area (Å²) in [6, 6.07) is 10.8. The Morgan fingerprint density at radius 2 is 2.14 bits per heavy atom. The molecule has 22 heavy (non-hydrogen) atoms. The first-order valence-corrected chi connectivity index (χ1v) is 8.47. The monoisotopic (exact) mass is 302 g/mol. The van der Waals surface area contributed by atoms with Crippen LogP contribution in [0.25, 0.3) is 0 Å². The third-order valence-corrected chi connectivity index (χ3v) is 4.23. The van der Waals surface area contributed by atoms with E-state index in [2.05, 4.69) is 66.8 Å². The summed E-state index contributed by atoms with van der Waals surface area (Å²) >= 11 is 0. The largest absolute Gasteiger partial charge is 0.357 e. The Hall–Kier alpha value is -1.55. The molecule has 1 aromatic rings. The van der Waals surface area contributed by atoms with E-state index < -0.39 is 0 Å². The van der Waals surface area contributed by atoms with Crippen LogP contribution in [0.2, 0.25) is 0 Å². The Balaban J connectivity index is 1.92. The zero-order valence-corrected chi connectivity index (χ0v) is 14.2. The first kappa shape index (κ1) is 16.8. The SMILES string of the molecule is CCNC(=NCC1CCCN(C)C1)NC(C)c1ccccc1. The Morgan fingerprint density at radius 3 is 2.82 bits per heavy atom. The zero-order valence-electron chi connectivity index (χ0n) is 14.2. The number of nitrogens with zero attached hydrogens (tertiary/aromatic N) is 2. The molecule has 2 N–H and O–H groups in total. The summed E-state index contributed by atoms with van der Waals surface area (Å²) in [5, 5.41) is 6.87. The second-order valence-electron chi connectivity index (χ2n) is 6.27. The molecule has 0 radical (unpaired) electrons. The standard InChI is InChI=1S/C18H30N4/c1-4-19-18(20-13-16-9-8-12-22(3)14-16)21-15(2)17-10-6-5-7-11-17/h5-7,10-11,15-16H,4,8-9,12-14H2,1-3H3,(H2,19,20,21). The van der Waals surface area contributed by atoms with E-state index in [1.165, 1.54) is 24.9 Å². The van der Waals surface area contributed by atoms with E-state index in [1.54, 1.807) is 0 Å². The molecule has 0 amide bonds. The van der Waals surface area contributed by atoms with Gasteiger partial charge >= 0.3 is 0 Å². The third kappa shape index (κ3) is 5.34. The van der Waals surface area contributed by atoms with E-state index in [4.69, 9.17) is 4.99 Å². The van der Waals surface area contributed by atoms with Gasteiger partial charge in [0.15, 0.2) is 5.96 Å². The summed E-state index contributed by atoms with van der Waals surface area (Å²) in [7, 11) is 2.21. The Bertz CT molecular complexity index is 457. The van der Waals surface area contributed by atoms with E-state index in [9.17, 15) is 0 Å². The van der Waals surface area contributed by atoms with E-state index in [1.807, 2.05) is 0 Å². The highest BCUT2D eigenvalue weighted by molar-refractivity contribution is 5.80. The van der Waals surface area contributed by atoms with Crippen molar-refractivity contribution in [2.24, 2.45) is 10.9 Å². The number of rotatable bonds is 5. The molecule has 1 aliphatic heterocycles. The molecule has 0 aromatic heterocycles. The maximum absolute atomic E-state index is 4.80. The minimum atomic E-state index is 0.257. The number of aliphatic imine (C=N–C) groups is 1. The molecule has 0 aliphatic carbocycles. The lowest BCUT2D eigenvalue weighted by molar-refractivity contribution is 0.214. The molecule has 2 atom stereocenters. The Morgan fingerprint density at radius 1 is 1.36 bits per heavy atom. The van der Waals surface area contributed by atoms with Gasteiger partial charge in [0.1, 0.15) is 0 Å². The van der Waals surface area contributed by atoms with Gasteiger partial charge in [-0.3, -0.25) is 4.99 Å². The zero-order chi connectivity index (χ0) is 15.8. The maximum Gasteiger partial charge on any atom is 0.191 e. The molecule has 1 heterocycles. The van der Waals surface area contributed by atoms with Gasteiger partial charge in [-0.15, -0.1) is 0 Å². The average molecular weight is 302 g/mol. The summed E-state index contributed by atoms with van der Waals surface area (Å²) in [6.45, 7) is 8.47. The first-order valence-electron chi connectivity index (χ1n) is 8.47. The number of piperidine rings is 1. The van der Waals surface area contributed by atoms with Crippen molar-refractivity contribution in [2.75, 3.05) is 33.2 Å². The Kier molecular flexibility index (Phi) is 6.72. The molecule has 1 aromatic carbocycles. The van der Waals surface area contributed by atoms with Crippen molar-refractivity contribution in [2.45, 2.75) is 32.7 Å². The average Bonchev–Trinajstić information content (AvgIpc) is 2.54. The summed E-state index contributed by atoms with van der Waals surface area (Å²) in [5.41, 5.74) is 1.28. The third-order valence-electron chi connectivity index (χ3n) is 4.23. The number of nitrogens with one attached hydrogen (secondary N) is 2. The molecule has 2 unspecified atom stereocenters. The quantitative estimate of drug-likeness (QED) is 0.649. The summed E-state index contributed by atoms with van der Waals surface area (Å²) in [4.78, 5) is 7.22. The topological polar surface area (TPSA) is 39.7 Å². The van der Waals surface area contributed by atoms with Crippen LogP contribution < -0.4 is 10.6 Å². The Labute approximate surface area is 135 Å². The fraction of sp³-hybridized carbons (Fsp3) is 0.611. The molecule has 2 rings (SSSR count). The normalized spacial score (nSPS) is 21.4. The van der Waals surface area contributed by atoms with Gasteiger partial charge < -0.3 is 15.5 Å². The summed E-state index contributed by atoms with van der Waals surface area (Å²) in [6.07, 6.45) is 2.59. The summed E-state index contributed by atoms with van der Waals surface area (Å²) in [5.74, 6) is 1.60. The lowest BCUT2D eigenvalue weighted by Gasteiger charge is -2.29. The molecule has 122 valence electrons. The second-order valence-corrected chi connectivity index (χ2v) is 6.27. The van der Waals surface area contributed by atoms with Gasteiger partial charge in [-0.1, -0.05) is 30.3 Å². The van der Waals surface area contributed by atoms with Crippen molar-refractivity contribution in [3.8, 4) is 0 Å². The molecule has 4 heteroatoms. The predicted octanol–water partition coefficient (Wildman–Crippen LogP) is 2.64. The summed E-state index contributed by atoms with van der Waals surface area (Å²) < 4.78 is 0. The molecule has 4 nitrogen and oxygen atoms in total. The molecule has 1 saturated heterocycles. The number of hydrogen-bond donors (Lipinski definition) is 2. The molecule has 1 aliphatic rings. The first-order chi connectivity index (χ1) is 10.7. The van der Waals surface area contributed by atoms with Crippen molar-refractivity contribution >= 4 is 5.96 Å². The van der Waals surface area contributed by atoms with Gasteiger partial charge in [-0.2, -0.15) is 0 Å². The molecular weight excluding hydrogens is 272 g/mol. The molecule has 0 bridgehead atoms. The lowest BCUT2D eigenvalue weighted by Crippen LogP contribution is -2.40. The van der Waals surface area contributed by atoms with Crippen LogP contribution in [0.4, 0.5) is 0 Å². The number of hydrogen-bond acceptors (Lipinski definition) is 2. The number of benzene rings is 1. The van der Waals surface area contributed by atoms with Crippen LogP contribution >= 0.6 is 0 Å². The maximum atomic E-state index is 4.80. The van der Waals surface area contributed by atoms with Crippen molar-refractivity contribution in [1.82, 2.24) is 15.5 Å². The highest BCUT2D eigenvalue weighted by atomic mass is 15.2.